The van der Waals surface area contributed by atoms with E-state index in [1.165, 1.54) is 38.4 Å². The SMILES string of the molecule is CN(C)C(=O)c1cc(CSCCn2c(=O)cc(Nc3ccc4c(c3)CCC4)[nH]c2=O)on1. The predicted octanol–water partition coefficient (Wildman–Crippen LogP) is 2.39. The van der Waals surface area contributed by atoms with Crippen LogP contribution in [0.1, 0.15) is 33.8 Å². The number of aromatic amines is 1. The molecule has 10 heteroatoms. The molecule has 0 atom stereocenters. The van der Waals surface area contributed by atoms with Crippen molar-refractivity contribution in [3.05, 3.63) is 73.8 Å². The minimum absolute atomic E-state index is 0.225. The molecule has 0 saturated heterocycles. The lowest BCUT2D eigenvalue weighted by Gasteiger charge is -2.10. The second-order valence-electron chi connectivity index (χ2n) is 7.87. The largest absolute Gasteiger partial charge is 0.360 e. The molecule has 0 aliphatic heterocycles. The van der Waals surface area contributed by atoms with Crippen molar-refractivity contribution in [3.63, 3.8) is 0 Å². The van der Waals surface area contributed by atoms with Gasteiger partial charge in [0.25, 0.3) is 11.5 Å². The molecule has 0 unspecified atom stereocenters. The molecule has 0 radical (unpaired) electrons. The number of nitrogens with one attached hydrogen (secondary N) is 2. The Morgan fingerprint density at radius 2 is 2.03 bits per heavy atom. The normalized spacial score (nSPS) is 12.6. The van der Waals surface area contributed by atoms with Crippen molar-refractivity contribution in [2.24, 2.45) is 0 Å². The predicted molar refractivity (Wildman–Crippen MR) is 124 cm³/mol. The van der Waals surface area contributed by atoms with Crippen LogP contribution in [0.4, 0.5) is 11.5 Å². The molecule has 2 heterocycles. The molecule has 0 fully saturated rings. The molecule has 2 aromatic heterocycles. The topological polar surface area (TPSA) is 113 Å². The van der Waals surface area contributed by atoms with E-state index in [4.69, 9.17) is 4.52 Å². The Morgan fingerprint density at radius 1 is 1.22 bits per heavy atom. The molecule has 9 nitrogen and oxygen atoms in total. The lowest BCUT2D eigenvalue weighted by Crippen LogP contribution is -2.35. The van der Waals surface area contributed by atoms with Gasteiger partial charge in [-0.05, 0) is 42.5 Å². The second kappa shape index (κ2) is 9.47. The zero-order valence-electron chi connectivity index (χ0n) is 18.0. The number of H-pyrrole nitrogens is 1. The minimum atomic E-state index is -0.458. The number of thioether (sulfide) groups is 1. The summed E-state index contributed by atoms with van der Waals surface area (Å²) < 4.78 is 6.34. The lowest BCUT2D eigenvalue weighted by molar-refractivity contribution is 0.0817. The Balaban J connectivity index is 1.33. The van der Waals surface area contributed by atoms with E-state index in [2.05, 4.69) is 27.6 Å². The van der Waals surface area contributed by atoms with Crippen molar-refractivity contribution < 1.29 is 9.32 Å². The van der Waals surface area contributed by atoms with E-state index in [1.807, 2.05) is 6.07 Å². The van der Waals surface area contributed by atoms with Gasteiger partial charge in [0.15, 0.2) is 5.69 Å². The Bertz CT molecular complexity index is 1210. The zero-order chi connectivity index (χ0) is 22.7. The Labute approximate surface area is 188 Å². The van der Waals surface area contributed by atoms with Crippen LogP contribution in [0.3, 0.4) is 0 Å². The van der Waals surface area contributed by atoms with Crippen molar-refractivity contribution in [1.29, 1.82) is 0 Å². The van der Waals surface area contributed by atoms with Crippen molar-refractivity contribution >= 4 is 29.2 Å². The average Bonchev–Trinajstić information content (AvgIpc) is 3.41. The highest BCUT2D eigenvalue weighted by Gasteiger charge is 2.14. The number of nitrogens with zero attached hydrogens (tertiary/aromatic N) is 3. The lowest BCUT2D eigenvalue weighted by atomic mass is 10.1. The molecule has 0 saturated carbocycles. The first-order chi connectivity index (χ1) is 15.4. The van der Waals surface area contributed by atoms with Gasteiger partial charge < -0.3 is 14.7 Å². The maximum atomic E-state index is 12.5. The summed E-state index contributed by atoms with van der Waals surface area (Å²) in [5.41, 5.74) is 2.96. The second-order valence-corrected chi connectivity index (χ2v) is 8.98. The summed E-state index contributed by atoms with van der Waals surface area (Å²) in [6, 6.07) is 9.13. The number of hydrogen-bond acceptors (Lipinski definition) is 7. The highest BCUT2D eigenvalue weighted by atomic mass is 32.2. The summed E-state index contributed by atoms with van der Waals surface area (Å²) in [6.45, 7) is 0.260. The van der Waals surface area contributed by atoms with Crippen LogP contribution in [-0.2, 0) is 25.1 Å². The molecule has 32 heavy (non-hydrogen) atoms. The van der Waals surface area contributed by atoms with E-state index in [-0.39, 0.29) is 23.7 Å². The van der Waals surface area contributed by atoms with Gasteiger partial charge in [-0.15, -0.1) is 0 Å². The van der Waals surface area contributed by atoms with Gasteiger partial charge in [-0.1, -0.05) is 11.2 Å². The fourth-order valence-electron chi connectivity index (χ4n) is 3.64. The van der Waals surface area contributed by atoms with Crippen LogP contribution in [0.2, 0.25) is 0 Å². The maximum Gasteiger partial charge on any atom is 0.329 e. The number of fused-ring (bicyclic) bond motifs is 1. The number of benzene rings is 1. The average molecular weight is 456 g/mol. The zero-order valence-corrected chi connectivity index (χ0v) is 18.8. The summed E-state index contributed by atoms with van der Waals surface area (Å²) in [4.78, 5) is 40.9. The van der Waals surface area contributed by atoms with Gasteiger partial charge in [0.1, 0.15) is 11.6 Å². The highest BCUT2D eigenvalue weighted by Crippen LogP contribution is 2.25. The van der Waals surface area contributed by atoms with Gasteiger partial charge in [0, 0.05) is 44.2 Å². The number of anilines is 2. The van der Waals surface area contributed by atoms with Crippen molar-refractivity contribution in [3.8, 4) is 0 Å². The molecule has 1 amide bonds. The Kier molecular flexibility index (Phi) is 6.50. The van der Waals surface area contributed by atoms with E-state index in [0.717, 1.165) is 24.9 Å². The standard InChI is InChI=1S/C22H25N5O4S/c1-26(2)21(29)18-11-17(31-25-18)13-32-9-8-27-20(28)12-19(24-22(27)30)23-16-7-6-14-4-3-5-15(14)10-16/h6-7,10-12,23H,3-5,8-9,13H2,1-2H3,(H,24,30). The monoisotopic (exact) mass is 455 g/mol. The number of carbonyl (C=O) groups is 1. The maximum absolute atomic E-state index is 12.5. The third-order valence-corrected chi connectivity index (χ3v) is 6.25. The number of aryl methyl sites for hydroxylation is 2. The van der Waals surface area contributed by atoms with Gasteiger partial charge in [-0.3, -0.25) is 19.1 Å². The number of amides is 1. The van der Waals surface area contributed by atoms with E-state index >= 15 is 0 Å². The van der Waals surface area contributed by atoms with Crippen LogP contribution < -0.4 is 16.6 Å². The Hall–Kier alpha value is -3.27. The first-order valence-corrected chi connectivity index (χ1v) is 11.5. The van der Waals surface area contributed by atoms with Crippen molar-refractivity contribution in [2.75, 3.05) is 25.2 Å². The molecule has 1 aliphatic rings. The number of rotatable bonds is 8. The molecule has 1 aromatic carbocycles. The van der Waals surface area contributed by atoms with E-state index in [1.54, 1.807) is 20.2 Å². The van der Waals surface area contributed by atoms with E-state index in [9.17, 15) is 14.4 Å². The fourth-order valence-corrected chi connectivity index (χ4v) is 4.44. The highest BCUT2D eigenvalue weighted by molar-refractivity contribution is 7.98. The first-order valence-electron chi connectivity index (χ1n) is 10.4. The Morgan fingerprint density at radius 3 is 2.81 bits per heavy atom. The quantitative estimate of drug-likeness (QED) is 0.502. The number of carbonyl (C=O) groups excluding carboxylic acids is 1. The molecule has 2 N–H and O–H groups in total. The molecule has 4 rings (SSSR count). The van der Waals surface area contributed by atoms with Crippen LogP contribution in [-0.4, -0.2) is 45.4 Å². The van der Waals surface area contributed by atoms with Crippen LogP contribution >= 0.6 is 11.8 Å². The summed E-state index contributed by atoms with van der Waals surface area (Å²) in [6.07, 6.45) is 3.32. The molecule has 168 valence electrons. The third kappa shape index (κ3) is 4.96. The van der Waals surface area contributed by atoms with Crippen LogP contribution in [0.25, 0.3) is 0 Å². The molecule has 0 bridgehead atoms. The molecule has 0 spiro atoms. The smallest absolute Gasteiger partial charge is 0.329 e. The molecule has 1 aliphatic carbocycles. The molecular formula is C22H25N5O4S. The number of hydrogen-bond donors (Lipinski definition) is 2. The minimum Gasteiger partial charge on any atom is -0.360 e. The van der Waals surface area contributed by atoms with Crippen LogP contribution in [0.5, 0.6) is 0 Å². The van der Waals surface area contributed by atoms with Gasteiger partial charge in [0.05, 0.1) is 5.75 Å². The molecule has 3 aromatic rings. The summed E-state index contributed by atoms with van der Waals surface area (Å²) in [5, 5.41) is 6.90. The van der Waals surface area contributed by atoms with Crippen LogP contribution in [0, 0.1) is 0 Å². The summed E-state index contributed by atoms with van der Waals surface area (Å²) >= 11 is 1.48. The summed E-state index contributed by atoms with van der Waals surface area (Å²) in [5.74, 6) is 1.73. The fraction of sp³-hybridized carbons (Fsp3) is 0.364. The van der Waals surface area contributed by atoms with E-state index in [0.29, 0.717) is 23.1 Å². The van der Waals surface area contributed by atoms with E-state index < -0.39 is 5.69 Å². The first kappa shape index (κ1) is 21.9. The van der Waals surface area contributed by atoms with Gasteiger partial charge in [-0.25, -0.2) is 4.79 Å². The number of aromatic nitrogens is 3. The van der Waals surface area contributed by atoms with Gasteiger partial charge >= 0.3 is 5.69 Å². The van der Waals surface area contributed by atoms with Crippen LogP contribution in [0.15, 0.2) is 44.4 Å². The third-order valence-electron chi connectivity index (χ3n) is 5.29. The summed E-state index contributed by atoms with van der Waals surface area (Å²) in [7, 11) is 3.29. The van der Waals surface area contributed by atoms with Crippen molar-refractivity contribution in [2.45, 2.75) is 31.6 Å². The van der Waals surface area contributed by atoms with Crippen molar-refractivity contribution in [1.82, 2.24) is 19.6 Å². The van der Waals surface area contributed by atoms with Gasteiger partial charge in [0.2, 0.25) is 0 Å². The van der Waals surface area contributed by atoms with Gasteiger partial charge in [-0.2, -0.15) is 11.8 Å². The molecular weight excluding hydrogens is 430 g/mol.